The molecular formula is C30H34F3N5O3. The maximum Gasteiger partial charge on any atom is 0.416 e. The molecule has 0 spiro atoms. The van der Waals surface area contributed by atoms with Crippen molar-refractivity contribution in [1.82, 2.24) is 20.1 Å². The van der Waals surface area contributed by atoms with Crippen molar-refractivity contribution in [3.05, 3.63) is 76.4 Å². The zero-order valence-electron chi connectivity index (χ0n) is 23.2. The van der Waals surface area contributed by atoms with E-state index in [0.717, 1.165) is 30.7 Å². The highest BCUT2D eigenvalue weighted by molar-refractivity contribution is 6.10. The van der Waals surface area contributed by atoms with Crippen molar-refractivity contribution in [3.63, 3.8) is 0 Å². The van der Waals surface area contributed by atoms with Crippen LogP contribution in [-0.2, 0) is 35.8 Å². The van der Waals surface area contributed by atoms with Crippen LogP contribution in [0.2, 0.25) is 0 Å². The lowest BCUT2D eigenvalue weighted by Crippen LogP contribution is -2.47. The Hall–Kier alpha value is -3.28. The number of carbonyl (C=O) groups is 1. The largest absolute Gasteiger partial charge is 0.416 e. The lowest BCUT2D eigenvalue weighted by Gasteiger charge is -2.39. The third-order valence-corrected chi connectivity index (χ3v) is 8.61. The number of nitrogens with one attached hydrogen (secondary N) is 1. The van der Waals surface area contributed by atoms with Gasteiger partial charge in [0.15, 0.2) is 0 Å². The molecule has 2 aliphatic heterocycles. The Morgan fingerprint density at radius 1 is 1.20 bits per heavy atom. The molecule has 1 saturated heterocycles. The molecule has 2 atom stereocenters. The van der Waals surface area contributed by atoms with Crippen LogP contribution in [-0.4, -0.2) is 52.1 Å². The summed E-state index contributed by atoms with van der Waals surface area (Å²) in [6.45, 7) is 3.74. The van der Waals surface area contributed by atoms with E-state index < -0.39 is 17.6 Å². The molecule has 218 valence electrons. The third kappa shape index (κ3) is 5.62. The summed E-state index contributed by atoms with van der Waals surface area (Å²) in [5.41, 5.74) is 1.18. The zero-order chi connectivity index (χ0) is 28.8. The van der Waals surface area contributed by atoms with Crippen molar-refractivity contribution in [3.8, 4) is 0 Å². The molecule has 3 aromatic rings. The first-order valence-corrected chi connectivity index (χ1v) is 14.0. The maximum atomic E-state index is 14.2. The summed E-state index contributed by atoms with van der Waals surface area (Å²) < 4.78 is 56.0. The van der Waals surface area contributed by atoms with Gasteiger partial charge in [0, 0.05) is 36.3 Å². The molecule has 8 nitrogen and oxygen atoms in total. The van der Waals surface area contributed by atoms with Gasteiger partial charge >= 0.3 is 6.18 Å². The van der Waals surface area contributed by atoms with Crippen LogP contribution in [0.3, 0.4) is 0 Å². The van der Waals surface area contributed by atoms with Gasteiger partial charge in [0.05, 0.1) is 38.0 Å². The Morgan fingerprint density at radius 2 is 2.02 bits per heavy atom. The van der Waals surface area contributed by atoms with Crippen molar-refractivity contribution in [2.45, 2.75) is 69.4 Å². The van der Waals surface area contributed by atoms with E-state index in [2.05, 4.69) is 22.4 Å². The van der Waals surface area contributed by atoms with E-state index >= 15 is 0 Å². The van der Waals surface area contributed by atoms with Gasteiger partial charge in [-0.25, -0.2) is 0 Å². The molecule has 6 rings (SSSR count). The topological polar surface area (TPSA) is 81.5 Å². The van der Waals surface area contributed by atoms with Gasteiger partial charge in [0.1, 0.15) is 12.2 Å². The number of anilines is 1. The second-order valence-corrected chi connectivity index (χ2v) is 11.6. The molecule has 0 unspecified atom stereocenters. The lowest BCUT2D eigenvalue weighted by molar-refractivity contribution is -0.138. The first-order valence-electron chi connectivity index (χ1n) is 14.0. The summed E-state index contributed by atoms with van der Waals surface area (Å²) in [6, 6.07) is 10.2. The summed E-state index contributed by atoms with van der Waals surface area (Å²) in [5, 5.41) is 11.8. The number of benzene rings is 2. The van der Waals surface area contributed by atoms with Gasteiger partial charge in [-0.05, 0) is 73.6 Å². The second kappa shape index (κ2) is 10.8. The Bertz CT molecular complexity index is 1430. The number of carbonyl (C=O) groups excluding carboxylic acids is 1. The molecule has 1 saturated carbocycles. The van der Waals surface area contributed by atoms with Gasteiger partial charge in [-0.2, -0.15) is 13.2 Å². The lowest BCUT2D eigenvalue weighted by atomic mass is 9.78. The number of alkyl halides is 3. The van der Waals surface area contributed by atoms with Gasteiger partial charge in [0.25, 0.3) is 5.91 Å². The number of hydrogen-bond donors (Lipinski definition) is 1. The predicted octanol–water partition coefficient (Wildman–Crippen LogP) is 4.96. The molecular weight excluding hydrogens is 535 g/mol. The number of ether oxygens (including phenoxy) is 2. The molecule has 1 aromatic heterocycles. The fourth-order valence-electron chi connectivity index (χ4n) is 6.07. The number of aromatic nitrogens is 3. The highest BCUT2D eigenvalue weighted by Crippen LogP contribution is 2.41. The average Bonchev–Trinajstić information content (AvgIpc) is 3.51. The van der Waals surface area contributed by atoms with Crippen molar-refractivity contribution in [2.75, 3.05) is 24.7 Å². The number of rotatable bonds is 8. The highest BCUT2D eigenvalue weighted by Gasteiger charge is 2.41. The smallest absolute Gasteiger partial charge is 0.376 e. The molecule has 0 radical (unpaired) electrons. The van der Waals surface area contributed by atoms with Gasteiger partial charge < -0.3 is 24.3 Å². The van der Waals surface area contributed by atoms with E-state index in [-0.39, 0.29) is 41.8 Å². The third-order valence-electron chi connectivity index (χ3n) is 8.61. The summed E-state index contributed by atoms with van der Waals surface area (Å²) in [4.78, 5) is 15.1. The molecule has 1 aliphatic carbocycles. The summed E-state index contributed by atoms with van der Waals surface area (Å²) in [6.07, 6.45) is 0.573. The molecule has 0 bridgehead atoms. The summed E-state index contributed by atoms with van der Waals surface area (Å²) in [7, 11) is 1.86. The normalized spacial score (nSPS) is 21.0. The summed E-state index contributed by atoms with van der Waals surface area (Å²) >= 11 is 0. The van der Waals surface area contributed by atoms with Gasteiger partial charge in [-0.15, -0.1) is 10.2 Å². The zero-order valence-corrected chi connectivity index (χ0v) is 23.2. The minimum atomic E-state index is -4.57. The van der Waals surface area contributed by atoms with Crippen LogP contribution in [0, 0.1) is 0 Å². The van der Waals surface area contributed by atoms with Gasteiger partial charge in [0.2, 0.25) is 0 Å². The minimum Gasteiger partial charge on any atom is -0.376 e. The fraction of sp³-hybridized carbons (Fsp3) is 0.500. The second-order valence-electron chi connectivity index (χ2n) is 11.6. The Labute approximate surface area is 236 Å². The number of fused-ring (bicyclic) bond motifs is 1. The van der Waals surface area contributed by atoms with Crippen LogP contribution in [0.25, 0.3) is 0 Å². The molecule has 2 aromatic carbocycles. The quantitative estimate of drug-likeness (QED) is 0.413. The number of aryl methyl sites for hydroxylation is 1. The standard InChI is InChI=1S/C30H34F3N5O3/c1-29(7-4-8-29)34-15-19-11-24-25(26(12-19)30(31,32)33)16-38(28(24)39)21-6-3-5-20(13-21)23(27-36-35-18-37(27)2)14-22-17-40-9-10-41-22/h3,5-6,11-13,18,22-23,34H,4,7-10,14-17H2,1-2H3/t22-,23+/m0/s1. The van der Waals surface area contributed by atoms with Crippen LogP contribution in [0.1, 0.15) is 77.0 Å². The predicted molar refractivity (Wildman–Crippen MR) is 146 cm³/mol. The van der Waals surface area contributed by atoms with Crippen molar-refractivity contribution >= 4 is 11.6 Å². The van der Waals surface area contributed by atoms with E-state index in [1.165, 1.54) is 11.0 Å². The number of amides is 1. The molecule has 11 heteroatoms. The SMILES string of the molecule is Cn1cnnc1[C@H](C[C@H]1COCCO1)c1cccc(N2Cc3c(cc(CNC4(C)CCC4)cc3C(F)(F)F)C2=O)c1. The average molecular weight is 570 g/mol. The molecule has 1 amide bonds. The van der Waals surface area contributed by atoms with Crippen LogP contribution in [0.4, 0.5) is 18.9 Å². The Kier molecular flexibility index (Phi) is 7.37. The molecule has 3 heterocycles. The fourth-order valence-corrected chi connectivity index (χ4v) is 6.07. The van der Waals surface area contributed by atoms with Crippen LogP contribution >= 0.6 is 0 Å². The number of nitrogens with zero attached hydrogens (tertiary/aromatic N) is 4. The Morgan fingerprint density at radius 3 is 2.68 bits per heavy atom. The van der Waals surface area contributed by atoms with Crippen molar-refractivity contribution in [2.24, 2.45) is 7.05 Å². The van der Waals surface area contributed by atoms with Crippen molar-refractivity contribution in [1.29, 1.82) is 0 Å². The molecule has 2 fully saturated rings. The summed E-state index contributed by atoms with van der Waals surface area (Å²) in [5.74, 6) is 0.0770. The first-order chi connectivity index (χ1) is 19.6. The van der Waals surface area contributed by atoms with E-state index in [1.54, 1.807) is 18.5 Å². The van der Waals surface area contributed by atoms with E-state index in [9.17, 15) is 18.0 Å². The number of hydrogen-bond acceptors (Lipinski definition) is 6. The van der Waals surface area contributed by atoms with Gasteiger partial charge in [-0.3, -0.25) is 4.79 Å². The number of halogens is 3. The molecule has 41 heavy (non-hydrogen) atoms. The monoisotopic (exact) mass is 569 g/mol. The van der Waals surface area contributed by atoms with Crippen molar-refractivity contribution < 1.29 is 27.4 Å². The molecule has 3 aliphatic rings. The van der Waals surface area contributed by atoms with Gasteiger partial charge in [-0.1, -0.05) is 12.1 Å². The van der Waals surface area contributed by atoms with E-state index in [4.69, 9.17) is 9.47 Å². The molecule has 1 N–H and O–H groups in total. The van der Waals surface area contributed by atoms with E-state index in [0.29, 0.717) is 37.5 Å². The van der Waals surface area contributed by atoms with Crippen LogP contribution in [0.15, 0.2) is 42.7 Å². The van der Waals surface area contributed by atoms with E-state index in [1.807, 2.05) is 29.8 Å². The minimum absolute atomic E-state index is 0.0177. The highest BCUT2D eigenvalue weighted by atomic mass is 19.4. The van der Waals surface area contributed by atoms with Crippen LogP contribution in [0.5, 0.6) is 0 Å². The first kappa shape index (κ1) is 27.9. The Balaban J connectivity index is 1.31. The van der Waals surface area contributed by atoms with Crippen LogP contribution < -0.4 is 10.2 Å². The maximum absolute atomic E-state index is 14.2.